The fourth-order valence-electron chi connectivity index (χ4n) is 2.66. The van der Waals surface area contributed by atoms with E-state index >= 15 is 0 Å². The number of methoxy groups -OCH3 is 1. The van der Waals surface area contributed by atoms with Crippen molar-refractivity contribution in [2.45, 2.75) is 43.9 Å². The van der Waals surface area contributed by atoms with E-state index in [0.29, 0.717) is 19.6 Å². The van der Waals surface area contributed by atoms with Gasteiger partial charge in [0.15, 0.2) is 5.03 Å². The van der Waals surface area contributed by atoms with Crippen LogP contribution in [0.3, 0.4) is 0 Å². The Bertz CT molecular complexity index is 671. The zero-order valence-electron chi connectivity index (χ0n) is 14.0. The van der Waals surface area contributed by atoms with Crippen LogP contribution in [-0.2, 0) is 21.3 Å². The molecule has 1 aliphatic heterocycles. The minimum Gasteiger partial charge on any atom is -0.376 e. The quantitative estimate of drug-likeness (QED) is 0.809. The first kappa shape index (κ1) is 17.9. The van der Waals surface area contributed by atoms with Gasteiger partial charge >= 0.3 is 0 Å². The van der Waals surface area contributed by atoms with E-state index < -0.39 is 21.5 Å². The number of aromatic nitrogens is 2. The van der Waals surface area contributed by atoms with Crippen LogP contribution in [0.15, 0.2) is 11.2 Å². The summed E-state index contributed by atoms with van der Waals surface area (Å²) >= 11 is 0. The minimum atomic E-state index is -3.68. The number of likely N-dealkylation sites (N-methyl/N-ethyl adjacent to an activating group) is 1. The Hall–Kier alpha value is -1.45. The van der Waals surface area contributed by atoms with E-state index in [1.807, 2.05) is 13.8 Å². The molecule has 0 unspecified atom stereocenters. The molecule has 2 heterocycles. The number of nitrogens with one attached hydrogen (secondary N) is 1. The molecule has 130 valence electrons. The first-order valence-electron chi connectivity index (χ1n) is 7.67. The second-order valence-corrected chi connectivity index (χ2v) is 7.65. The lowest BCUT2D eigenvalue weighted by Crippen LogP contribution is -2.44. The first-order chi connectivity index (χ1) is 10.8. The first-order valence-corrected chi connectivity index (χ1v) is 9.11. The summed E-state index contributed by atoms with van der Waals surface area (Å²) in [6.45, 7) is 5.07. The Kier molecular flexibility index (Phi) is 5.12. The van der Waals surface area contributed by atoms with E-state index in [-0.39, 0.29) is 10.6 Å². The molecule has 0 atom stereocenters. The van der Waals surface area contributed by atoms with E-state index in [2.05, 4.69) is 10.4 Å². The molecule has 0 aromatic carbocycles. The summed E-state index contributed by atoms with van der Waals surface area (Å²) in [4.78, 5) is 12.5. The van der Waals surface area contributed by atoms with E-state index in [0.717, 1.165) is 12.8 Å². The van der Waals surface area contributed by atoms with Crippen molar-refractivity contribution in [1.29, 1.82) is 0 Å². The van der Waals surface area contributed by atoms with Crippen LogP contribution >= 0.6 is 0 Å². The highest BCUT2D eigenvalue weighted by Crippen LogP contribution is 2.24. The van der Waals surface area contributed by atoms with Crippen LogP contribution < -0.4 is 5.32 Å². The van der Waals surface area contributed by atoms with Gasteiger partial charge in [-0.3, -0.25) is 9.48 Å². The van der Waals surface area contributed by atoms with E-state index in [4.69, 9.17) is 4.74 Å². The fourth-order valence-corrected chi connectivity index (χ4v) is 4.11. The average Bonchev–Trinajstić information content (AvgIpc) is 2.98. The highest BCUT2D eigenvalue weighted by atomic mass is 32.2. The van der Waals surface area contributed by atoms with Crippen LogP contribution in [0.2, 0.25) is 0 Å². The van der Waals surface area contributed by atoms with Crippen LogP contribution in [0.5, 0.6) is 0 Å². The molecule has 1 aromatic rings. The van der Waals surface area contributed by atoms with Crippen molar-refractivity contribution in [2.24, 2.45) is 0 Å². The van der Waals surface area contributed by atoms with Crippen molar-refractivity contribution in [3.8, 4) is 0 Å². The molecule has 0 spiro atoms. The molecule has 1 aromatic heterocycles. The summed E-state index contributed by atoms with van der Waals surface area (Å²) in [5.41, 5.74) is -0.368. The number of hydrogen-bond acceptors (Lipinski definition) is 5. The van der Waals surface area contributed by atoms with Crippen molar-refractivity contribution in [1.82, 2.24) is 19.4 Å². The molecule has 9 heteroatoms. The predicted octanol–water partition coefficient (Wildman–Crippen LogP) is 0.452. The molecule has 8 nitrogen and oxygen atoms in total. The lowest BCUT2D eigenvalue weighted by atomic mass is 9.97. The van der Waals surface area contributed by atoms with Crippen molar-refractivity contribution < 1.29 is 17.9 Å². The number of hydrogen-bond donors (Lipinski definition) is 1. The normalized spacial score (nSPS) is 17.7. The molecule has 0 fully saturated rings. The summed E-state index contributed by atoms with van der Waals surface area (Å²) in [6, 6.07) is 0. The van der Waals surface area contributed by atoms with Crippen LogP contribution in [0.25, 0.3) is 0 Å². The molecule has 1 aliphatic rings. The van der Waals surface area contributed by atoms with Crippen LogP contribution in [0.1, 0.15) is 37.0 Å². The molecule has 0 saturated carbocycles. The second-order valence-electron chi connectivity index (χ2n) is 5.69. The van der Waals surface area contributed by atoms with Crippen molar-refractivity contribution in [3.05, 3.63) is 11.8 Å². The third kappa shape index (κ3) is 3.13. The molecular formula is C14H24N4O4S. The molecule has 0 bridgehead atoms. The standard InChI is InChI=1S/C14H24N4O4S/c1-5-14(6-2,22-4)10-15-12(19)11-9-16-18-8-7-17(3)23(20,21)13(11)18/h9H,5-8,10H2,1-4H3,(H,15,19). The summed E-state index contributed by atoms with van der Waals surface area (Å²) in [5.74, 6) is -0.451. The van der Waals surface area contributed by atoms with Gasteiger partial charge in [0.05, 0.1) is 23.9 Å². The number of rotatable bonds is 6. The highest BCUT2D eigenvalue weighted by Gasteiger charge is 2.35. The zero-order chi connectivity index (χ0) is 17.3. The number of sulfonamides is 1. The van der Waals surface area contributed by atoms with Gasteiger partial charge in [-0.05, 0) is 12.8 Å². The molecule has 1 amide bonds. The Morgan fingerprint density at radius 1 is 1.39 bits per heavy atom. The van der Waals surface area contributed by atoms with E-state index in [9.17, 15) is 13.2 Å². The van der Waals surface area contributed by atoms with Crippen molar-refractivity contribution >= 4 is 15.9 Å². The smallest absolute Gasteiger partial charge is 0.260 e. The van der Waals surface area contributed by atoms with Crippen LogP contribution in [0, 0.1) is 0 Å². The Morgan fingerprint density at radius 2 is 2.04 bits per heavy atom. The lowest BCUT2D eigenvalue weighted by Gasteiger charge is -2.30. The molecule has 0 aliphatic carbocycles. The fraction of sp³-hybridized carbons (Fsp3) is 0.714. The molecule has 2 rings (SSSR count). The van der Waals surface area contributed by atoms with Gasteiger partial charge in [0.1, 0.15) is 0 Å². The number of amides is 1. The highest BCUT2D eigenvalue weighted by molar-refractivity contribution is 7.89. The summed E-state index contributed by atoms with van der Waals surface area (Å²) in [6.07, 6.45) is 2.80. The Labute approximate surface area is 136 Å². The van der Waals surface area contributed by atoms with Crippen LogP contribution in [-0.4, -0.2) is 61.3 Å². The molecule has 0 saturated heterocycles. The van der Waals surface area contributed by atoms with E-state index in [1.165, 1.54) is 22.2 Å². The predicted molar refractivity (Wildman–Crippen MR) is 84.7 cm³/mol. The number of ether oxygens (including phenoxy) is 1. The second kappa shape index (κ2) is 6.58. The molecule has 23 heavy (non-hydrogen) atoms. The Balaban J connectivity index is 2.25. The van der Waals surface area contributed by atoms with Gasteiger partial charge in [-0.2, -0.15) is 9.40 Å². The van der Waals surface area contributed by atoms with Crippen LogP contribution in [0.4, 0.5) is 0 Å². The average molecular weight is 344 g/mol. The minimum absolute atomic E-state index is 0.0419. The van der Waals surface area contributed by atoms with Gasteiger partial charge in [0.25, 0.3) is 15.9 Å². The largest absolute Gasteiger partial charge is 0.376 e. The van der Waals surface area contributed by atoms with E-state index in [1.54, 1.807) is 7.11 Å². The third-order valence-electron chi connectivity index (χ3n) is 4.61. The summed E-state index contributed by atoms with van der Waals surface area (Å²) in [7, 11) is -0.573. The zero-order valence-corrected chi connectivity index (χ0v) is 14.8. The summed E-state index contributed by atoms with van der Waals surface area (Å²) < 4.78 is 33.0. The SMILES string of the molecule is CCC(CC)(CNC(=O)c1cnn2c1S(=O)(=O)N(C)CC2)OC. The monoisotopic (exact) mass is 344 g/mol. The van der Waals surface area contributed by atoms with Gasteiger partial charge in [-0.1, -0.05) is 13.8 Å². The van der Waals surface area contributed by atoms with Gasteiger partial charge in [0.2, 0.25) is 0 Å². The van der Waals surface area contributed by atoms with Gasteiger partial charge < -0.3 is 10.1 Å². The Morgan fingerprint density at radius 3 is 2.61 bits per heavy atom. The number of carbonyl (C=O) groups excluding carboxylic acids is 1. The number of nitrogens with zero attached hydrogens (tertiary/aromatic N) is 3. The topological polar surface area (TPSA) is 93.5 Å². The van der Waals surface area contributed by atoms with Gasteiger partial charge in [-0.15, -0.1) is 0 Å². The van der Waals surface area contributed by atoms with Gasteiger partial charge in [-0.25, -0.2) is 8.42 Å². The maximum Gasteiger partial charge on any atom is 0.260 e. The lowest BCUT2D eigenvalue weighted by molar-refractivity contribution is -0.0147. The summed E-state index contributed by atoms with van der Waals surface area (Å²) in [5, 5.41) is 6.77. The van der Waals surface area contributed by atoms with Crippen molar-refractivity contribution in [3.63, 3.8) is 0 Å². The molecular weight excluding hydrogens is 320 g/mol. The maximum atomic E-state index is 12.5. The number of fused-ring (bicyclic) bond motifs is 1. The molecule has 1 N–H and O–H groups in total. The van der Waals surface area contributed by atoms with Crippen molar-refractivity contribution in [2.75, 3.05) is 27.2 Å². The number of carbonyl (C=O) groups is 1. The van der Waals surface area contributed by atoms with Gasteiger partial charge in [0, 0.05) is 27.2 Å². The third-order valence-corrected chi connectivity index (χ3v) is 6.53. The molecule has 0 radical (unpaired) electrons. The maximum absolute atomic E-state index is 12.5.